The molecule has 122 valence electrons. The lowest BCUT2D eigenvalue weighted by atomic mass is 10.1. The largest absolute Gasteiger partial charge is 0.451 e. The van der Waals surface area contributed by atoms with Crippen LogP contribution in [0.2, 0.25) is 0 Å². The zero-order valence-corrected chi connectivity index (χ0v) is 13.1. The Kier molecular flexibility index (Phi) is 3.34. The molecule has 1 aromatic carbocycles. The molecule has 0 saturated carbocycles. The molecule has 0 aliphatic carbocycles. The topological polar surface area (TPSA) is 80.4 Å². The van der Waals surface area contributed by atoms with Crippen LogP contribution in [0.4, 0.5) is 0 Å². The molecular weight excluding hydrogens is 308 g/mol. The van der Waals surface area contributed by atoms with E-state index in [4.69, 9.17) is 4.42 Å². The van der Waals surface area contributed by atoms with Crippen molar-refractivity contribution in [1.29, 1.82) is 0 Å². The fourth-order valence-electron chi connectivity index (χ4n) is 3.05. The van der Waals surface area contributed by atoms with Gasteiger partial charge in [-0.05, 0) is 18.2 Å². The number of carbonyl (C=O) groups excluding carboxylic acids is 2. The van der Waals surface area contributed by atoms with Gasteiger partial charge in [-0.1, -0.05) is 18.2 Å². The van der Waals surface area contributed by atoms with Crippen LogP contribution < -0.4 is 5.32 Å². The Morgan fingerprint density at radius 2 is 2.12 bits per heavy atom. The molecule has 24 heavy (non-hydrogen) atoms. The number of nitrogens with one attached hydrogen (secondary N) is 1. The zero-order chi connectivity index (χ0) is 16.7. The van der Waals surface area contributed by atoms with E-state index >= 15 is 0 Å². The van der Waals surface area contributed by atoms with Gasteiger partial charge in [0.05, 0.1) is 18.8 Å². The highest BCUT2D eigenvalue weighted by Gasteiger charge is 2.33. The van der Waals surface area contributed by atoms with E-state index in [2.05, 4.69) is 10.4 Å². The predicted octanol–water partition coefficient (Wildman–Crippen LogP) is 1.57. The van der Waals surface area contributed by atoms with Gasteiger partial charge >= 0.3 is 0 Å². The lowest BCUT2D eigenvalue weighted by Crippen LogP contribution is -2.46. The van der Waals surface area contributed by atoms with E-state index in [1.165, 1.54) is 0 Å². The summed E-state index contributed by atoms with van der Waals surface area (Å²) in [6, 6.07) is 10.5. The molecule has 1 atom stereocenters. The van der Waals surface area contributed by atoms with E-state index in [1.54, 1.807) is 28.9 Å². The van der Waals surface area contributed by atoms with Crippen LogP contribution in [0.25, 0.3) is 11.0 Å². The highest BCUT2D eigenvalue weighted by Crippen LogP contribution is 2.25. The third-order valence-corrected chi connectivity index (χ3v) is 4.27. The summed E-state index contributed by atoms with van der Waals surface area (Å²) in [5.41, 5.74) is 1.49. The van der Waals surface area contributed by atoms with Crippen LogP contribution in [-0.4, -0.2) is 40.1 Å². The Labute approximate surface area is 137 Å². The number of hydrogen-bond donors (Lipinski definition) is 1. The second-order valence-corrected chi connectivity index (χ2v) is 5.73. The summed E-state index contributed by atoms with van der Waals surface area (Å²) < 4.78 is 7.33. The molecule has 0 spiro atoms. The van der Waals surface area contributed by atoms with Crippen molar-refractivity contribution in [3.8, 4) is 0 Å². The number of hydrogen-bond acceptors (Lipinski definition) is 4. The van der Waals surface area contributed by atoms with Gasteiger partial charge in [-0.2, -0.15) is 5.10 Å². The van der Waals surface area contributed by atoms with Gasteiger partial charge in [-0.3, -0.25) is 14.3 Å². The fourth-order valence-corrected chi connectivity index (χ4v) is 3.05. The van der Waals surface area contributed by atoms with Gasteiger partial charge in [0.1, 0.15) is 11.6 Å². The number of carbonyl (C=O) groups is 2. The summed E-state index contributed by atoms with van der Waals surface area (Å²) in [5.74, 6) is -0.130. The summed E-state index contributed by atoms with van der Waals surface area (Å²) in [5, 5.41) is 7.71. The van der Waals surface area contributed by atoms with E-state index in [0.29, 0.717) is 12.1 Å². The third-order valence-electron chi connectivity index (χ3n) is 4.27. The summed E-state index contributed by atoms with van der Waals surface area (Å²) in [6.45, 7) is 0.646. The maximum absolute atomic E-state index is 12.8. The Morgan fingerprint density at radius 3 is 2.92 bits per heavy atom. The minimum Gasteiger partial charge on any atom is -0.451 e. The van der Waals surface area contributed by atoms with Crippen molar-refractivity contribution in [2.45, 2.75) is 12.6 Å². The molecule has 0 fully saturated rings. The molecule has 2 aromatic heterocycles. The highest BCUT2D eigenvalue weighted by atomic mass is 16.3. The number of furan rings is 1. The fraction of sp³-hybridized carbons (Fsp3) is 0.235. The molecule has 3 aromatic rings. The van der Waals surface area contributed by atoms with Crippen molar-refractivity contribution in [2.75, 3.05) is 13.6 Å². The van der Waals surface area contributed by atoms with Gasteiger partial charge in [0.25, 0.3) is 5.91 Å². The first kappa shape index (κ1) is 14.5. The van der Waals surface area contributed by atoms with Crippen LogP contribution in [0, 0.1) is 0 Å². The number of rotatable bonds is 2. The SMILES string of the molecule is CNC(=O)C1CN(C(=O)c2cc3ccccc3o2)Cc2ccnn21. The monoisotopic (exact) mass is 324 g/mol. The summed E-state index contributed by atoms with van der Waals surface area (Å²) in [4.78, 5) is 26.6. The lowest BCUT2D eigenvalue weighted by molar-refractivity contribution is -0.125. The molecule has 0 bridgehead atoms. The second-order valence-electron chi connectivity index (χ2n) is 5.73. The molecule has 1 aliphatic heterocycles. The Morgan fingerprint density at radius 1 is 1.29 bits per heavy atom. The average molecular weight is 324 g/mol. The summed E-state index contributed by atoms with van der Waals surface area (Å²) in [7, 11) is 1.57. The Balaban J connectivity index is 1.66. The number of amides is 2. The zero-order valence-electron chi connectivity index (χ0n) is 13.1. The second kappa shape index (κ2) is 5.52. The van der Waals surface area contributed by atoms with Gasteiger partial charge in [0, 0.05) is 18.6 Å². The van der Waals surface area contributed by atoms with Crippen molar-refractivity contribution < 1.29 is 14.0 Å². The predicted molar refractivity (Wildman–Crippen MR) is 86.3 cm³/mol. The molecule has 0 saturated heterocycles. The smallest absolute Gasteiger partial charge is 0.290 e. The molecule has 3 heterocycles. The van der Waals surface area contributed by atoms with Crippen molar-refractivity contribution in [3.63, 3.8) is 0 Å². The molecule has 7 heteroatoms. The number of fused-ring (bicyclic) bond motifs is 2. The number of aromatic nitrogens is 2. The molecule has 4 rings (SSSR count). The number of nitrogens with zero attached hydrogens (tertiary/aromatic N) is 3. The maximum atomic E-state index is 12.8. The first-order valence-corrected chi connectivity index (χ1v) is 7.69. The number of para-hydroxylation sites is 1. The molecule has 2 amide bonds. The Hall–Kier alpha value is -3.09. The van der Waals surface area contributed by atoms with Crippen LogP contribution in [-0.2, 0) is 11.3 Å². The van der Waals surface area contributed by atoms with E-state index in [-0.39, 0.29) is 24.1 Å². The Bertz CT molecular complexity index is 894. The van der Waals surface area contributed by atoms with E-state index in [0.717, 1.165) is 11.1 Å². The van der Waals surface area contributed by atoms with Gasteiger partial charge in [-0.25, -0.2) is 0 Å². The van der Waals surface area contributed by atoms with Crippen LogP contribution >= 0.6 is 0 Å². The van der Waals surface area contributed by atoms with E-state index < -0.39 is 6.04 Å². The van der Waals surface area contributed by atoms with Crippen LogP contribution in [0.1, 0.15) is 22.3 Å². The number of likely N-dealkylation sites (N-methyl/N-ethyl adjacent to an activating group) is 1. The van der Waals surface area contributed by atoms with Crippen LogP contribution in [0.5, 0.6) is 0 Å². The number of benzene rings is 1. The van der Waals surface area contributed by atoms with E-state index in [9.17, 15) is 9.59 Å². The maximum Gasteiger partial charge on any atom is 0.290 e. The average Bonchev–Trinajstić information content (AvgIpc) is 3.25. The van der Waals surface area contributed by atoms with Crippen molar-refractivity contribution in [3.05, 3.63) is 54.0 Å². The van der Waals surface area contributed by atoms with Gasteiger partial charge in [0.2, 0.25) is 5.91 Å². The van der Waals surface area contributed by atoms with Gasteiger partial charge < -0.3 is 14.6 Å². The molecule has 1 unspecified atom stereocenters. The van der Waals surface area contributed by atoms with Gasteiger partial charge in [0.15, 0.2) is 5.76 Å². The molecule has 0 radical (unpaired) electrons. The molecule has 1 N–H and O–H groups in total. The van der Waals surface area contributed by atoms with Crippen LogP contribution in [0.15, 0.2) is 47.0 Å². The van der Waals surface area contributed by atoms with Crippen molar-refractivity contribution in [2.24, 2.45) is 0 Å². The minimum atomic E-state index is -0.540. The van der Waals surface area contributed by atoms with Crippen LogP contribution in [0.3, 0.4) is 0 Å². The molecular formula is C17H16N4O3. The third kappa shape index (κ3) is 2.25. The molecule has 1 aliphatic rings. The first-order chi connectivity index (χ1) is 11.7. The minimum absolute atomic E-state index is 0.179. The van der Waals surface area contributed by atoms with Crippen molar-refractivity contribution in [1.82, 2.24) is 20.0 Å². The molecule has 7 nitrogen and oxygen atoms in total. The lowest BCUT2D eigenvalue weighted by Gasteiger charge is -2.32. The van der Waals surface area contributed by atoms with E-state index in [1.807, 2.05) is 30.3 Å². The first-order valence-electron chi connectivity index (χ1n) is 7.69. The van der Waals surface area contributed by atoms with Gasteiger partial charge in [-0.15, -0.1) is 0 Å². The standard InChI is InChI=1S/C17H16N4O3/c1-18-16(22)13-10-20(9-12-6-7-19-21(12)13)17(23)15-8-11-4-2-3-5-14(11)24-15/h2-8,13H,9-10H2,1H3,(H,18,22). The summed E-state index contributed by atoms with van der Waals surface area (Å²) >= 11 is 0. The van der Waals surface area contributed by atoms with Crippen molar-refractivity contribution >= 4 is 22.8 Å². The summed E-state index contributed by atoms with van der Waals surface area (Å²) in [6.07, 6.45) is 1.64. The highest BCUT2D eigenvalue weighted by molar-refractivity contribution is 5.96. The normalized spacial score (nSPS) is 16.9. The quantitative estimate of drug-likeness (QED) is 0.776.